The van der Waals surface area contributed by atoms with E-state index < -0.39 is 5.97 Å². The van der Waals surface area contributed by atoms with Crippen molar-refractivity contribution >= 4 is 11.8 Å². The Bertz CT molecular complexity index is 496. The predicted octanol–water partition coefficient (Wildman–Crippen LogP) is 1.09. The topological polar surface area (TPSA) is 80.0 Å². The molecule has 88 valence electrons. The van der Waals surface area contributed by atoms with E-state index in [-0.39, 0.29) is 5.56 Å². The number of pyridine rings is 1. The molecule has 0 spiro atoms. The number of aromatic nitrogens is 3. The van der Waals surface area contributed by atoms with Gasteiger partial charge in [0.1, 0.15) is 5.82 Å². The molecule has 0 atom stereocenters. The molecule has 2 rings (SSSR count). The minimum Gasteiger partial charge on any atom is -0.478 e. The molecule has 2 heterocycles. The number of hydrogen-bond acceptors (Lipinski definition) is 4. The monoisotopic (exact) mass is 232 g/mol. The summed E-state index contributed by atoms with van der Waals surface area (Å²) in [5, 5.41) is 11.9. The molecule has 17 heavy (non-hydrogen) atoms. The smallest absolute Gasteiger partial charge is 0.335 e. The van der Waals surface area contributed by atoms with E-state index in [1.807, 2.05) is 10.8 Å². The zero-order chi connectivity index (χ0) is 12.1. The summed E-state index contributed by atoms with van der Waals surface area (Å²) in [6.07, 6.45) is 6.78. The molecule has 0 aliphatic rings. The molecule has 2 aromatic rings. The van der Waals surface area contributed by atoms with Crippen LogP contribution in [0.15, 0.2) is 37.1 Å². The molecular weight excluding hydrogens is 220 g/mol. The van der Waals surface area contributed by atoms with Crippen LogP contribution in [0.2, 0.25) is 0 Å². The summed E-state index contributed by atoms with van der Waals surface area (Å²) in [5.41, 5.74) is 0.227. The first-order chi connectivity index (χ1) is 8.25. The average Bonchev–Trinajstić information content (AvgIpc) is 2.82. The third kappa shape index (κ3) is 3.04. The molecule has 0 radical (unpaired) electrons. The van der Waals surface area contributed by atoms with E-state index in [1.54, 1.807) is 12.5 Å². The van der Waals surface area contributed by atoms with Crippen molar-refractivity contribution in [1.82, 2.24) is 14.5 Å². The van der Waals surface area contributed by atoms with Gasteiger partial charge in [-0.1, -0.05) is 0 Å². The fraction of sp³-hybridized carbons (Fsp3) is 0.182. The second kappa shape index (κ2) is 5.11. The van der Waals surface area contributed by atoms with Crippen LogP contribution in [0.25, 0.3) is 0 Å². The Kier molecular flexibility index (Phi) is 3.34. The second-order valence-corrected chi connectivity index (χ2v) is 3.46. The van der Waals surface area contributed by atoms with E-state index in [2.05, 4.69) is 15.3 Å². The molecule has 0 fully saturated rings. The van der Waals surface area contributed by atoms with Crippen LogP contribution in [-0.2, 0) is 6.54 Å². The van der Waals surface area contributed by atoms with Gasteiger partial charge in [0.15, 0.2) is 0 Å². The number of nitrogens with one attached hydrogen (secondary N) is 1. The summed E-state index contributed by atoms with van der Waals surface area (Å²) in [4.78, 5) is 18.7. The van der Waals surface area contributed by atoms with Gasteiger partial charge in [-0.2, -0.15) is 0 Å². The van der Waals surface area contributed by atoms with Crippen LogP contribution >= 0.6 is 0 Å². The van der Waals surface area contributed by atoms with Crippen molar-refractivity contribution in [3.05, 3.63) is 42.6 Å². The Hall–Kier alpha value is -2.37. The number of imidazole rings is 1. The summed E-state index contributed by atoms with van der Waals surface area (Å²) in [6, 6.07) is 2.97. The Balaban J connectivity index is 1.90. The maximum atomic E-state index is 10.7. The lowest BCUT2D eigenvalue weighted by atomic mass is 10.2. The summed E-state index contributed by atoms with van der Waals surface area (Å²) < 4.78 is 1.92. The van der Waals surface area contributed by atoms with Gasteiger partial charge in [-0.25, -0.2) is 14.8 Å². The highest BCUT2D eigenvalue weighted by Gasteiger charge is 2.03. The lowest BCUT2D eigenvalue weighted by Crippen LogP contribution is -2.10. The van der Waals surface area contributed by atoms with Crippen molar-refractivity contribution in [3.8, 4) is 0 Å². The predicted molar refractivity (Wildman–Crippen MR) is 61.9 cm³/mol. The van der Waals surface area contributed by atoms with Crippen LogP contribution in [-0.4, -0.2) is 32.2 Å². The molecule has 0 aromatic carbocycles. The molecular formula is C11H12N4O2. The van der Waals surface area contributed by atoms with Crippen LogP contribution < -0.4 is 5.32 Å². The number of nitrogens with zero attached hydrogens (tertiary/aromatic N) is 3. The van der Waals surface area contributed by atoms with Gasteiger partial charge in [-0.3, -0.25) is 0 Å². The van der Waals surface area contributed by atoms with E-state index in [1.165, 1.54) is 18.3 Å². The summed E-state index contributed by atoms with van der Waals surface area (Å²) >= 11 is 0. The Labute approximate surface area is 97.9 Å². The zero-order valence-electron chi connectivity index (χ0n) is 9.08. The maximum Gasteiger partial charge on any atom is 0.335 e. The zero-order valence-corrected chi connectivity index (χ0v) is 9.08. The SMILES string of the molecule is O=C(O)c1ccnc(NCCn2ccnc2)c1. The number of anilines is 1. The van der Waals surface area contributed by atoms with Gasteiger partial charge >= 0.3 is 5.97 Å². The van der Waals surface area contributed by atoms with Gasteiger partial charge in [-0.15, -0.1) is 0 Å². The largest absolute Gasteiger partial charge is 0.478 e. The minimum absolute atomic E-state index is 0.227. The minimum atomic E-state index is -0.954. The van der Waals surface area contributed by atoms with Gasteiger partial charge in [0.05, 0.1) is 11.9 Å². The maximum absolute atomic E-state index is 10.7. The van der Waals surface area contributed by atoms with Crippen LogP contribution in [0.1, 0.15) is 10.4 Å². The quantitative estimate of drug-likeness (QED) is 0.806. The van der Waals surface area contributed by atoms with Crippen LogP contribution in [0, 0.1) is 0 Å². The van der Waals surface area contributed by atoms with Gasteiger partial charge in [0.2, 0.25) is 0 Å². The van der Waals surface area contributed by atoms with E-state index in [4.69, 9.17) is 5.11 Å². The summed E-state index contributed by atoms with van der Waals surface area (Å²) in [5.74, 6) is -0.393. The molecule has 0 bridgehead atoms. The lowest BCUT2D eigenvalue weighted by molar-refractivity contribution is 0.0697. The number of hydrogen-bond donors (Lipinski definition) is 2. The van der Waals surface area contributed by atoms with Gasteiger partial charge in [0.25, 0.3) is 0 Å². The van der Waals surface area contributed by atoms with Crippen LogP contribution in [0.5, 0.6) is 0 Å². The van der Waals surface area contributed by atoms with E-state index in [0.717, 1.165) is 6.54 Å². The molecule has 0 aliphatic heterocycles. The fourth-order valence-electron chi connectivity index (χ4n) is 1.39. The number of aromatic carboxylic acids is 1. The first-order valence-electron chi connectivity index (χ1n) is 5.14. The third-order valence-electron chi connectivity index (χ3n) is 2.24. The van der Waals surface area contributed by atoms with Crippen LogP contribution in [0.3, 0.4) is 0 Å². The number of rotatable bonds is 5. The fourth-order valence-corrected chi connectivity index (χ4v) is 1.39. The Morgan fingerprint density at radius 1 is 1.47 bits per heavy atom. The molecule has 0 saturated heterocycles. The number of carboxylic acid groups (broad SMARTS) is 1. The van der Waals surface area contributed by atoms with Gasteiger partial charge in [0, 0.05) is 31.7 Å². The summed E-state index contributed by atoms with van der Waals surface area (Å²) in [7, 11) is 0. The van der Waals surface area contributed by atoms with E-state index in [9.17, 15) is 4.79 Å². The van der Waals surface area contributed by atoms with Crippen LogP contribution in [0.4, 0.5) is 5.82 Å². The van der Waals surface area contributed by atoms with Crippen molar-refractivity contribution in [2.75, 3.05) is 11.9 Å². The normalized spacial score (nSPS) is 10.1. The molecule has 0 amide bonds. The molecule has 6 heteroatoms. The second-order valence-electron chi connectivity index (χ2n) is 3.46. The van der Waals surface area contributed by atoms with Crippen molar-refractivity contribution in [2.45, 2.75) is 6.54 Å². The number of carboxylic acids is 1. The number of carbonyl (C=O) groups is 1. The Morgan fingerprint density at radius 3 is 3.06 bits per heavy atom. The van der Waals surface area contributed by atoms with Crippen molar-refractivity contribution < 1.29 is 9.90 Å². The van der Waals surface area contributed by atoms with E-state index in [0.29, 0.717) is 12.4 Å². The molecule has 0 unspecified atom stereocenters. The standard InChI is InChI=1S/C11H12N4O2/c16-11(17)9-1-2-13-10(7-9)14-4-6-15-5-3-12-8-15/h1-3,5,7-8H,4,6H2,(H,13,14)(H,16,17). The molecule has 6 nitrogen and oxygen atoms in total. The van der Waals surface area contributed by atoms with E-state index >= 15 is 0 Å². The molecule has 2 N–H and O–H groups in total. The first kappa shape index (κ1) is 11.1. The van der Waals surface area contributed by atoms with Crippen molar-refractivity contribution in [1.29, 1.82) is 0 Å². The lowest BCUT2D eigenvalue weighted by Gasteiger charge is -2.06. The summed E-state index contributed by atoms with van der Waals surface area (Å²) in [6.45, 7) is 1.41. The third-order valence-corrected chi connectivity index (χ3v) is 2.24. The van der Waals surface area contributed by atoms with Gasteiger partial charge < -0.3 is 15.0 Å². The Morgan fingerprint density at radius 2 is 2.35 bits per heavy atom. The highest BCUT2D eigenvalue weighted by atomic mass is 16.4. The average molecular weight is 232 g/mol. The van der Waals surface area contributed by atoms with Gasteiger partial charge in [-0.05, 0) is 12.1 Å². The van der Waals surface area contributed by atoms with Crippen molar-refractivity contribution in [2.24, 2.45) is 0 Å². The highest BCUT2D eigenvalue weighted by molar-refractivity contribution is 5.88. The van der Waals surface area contributed by atoms with Crippen molar-refractivity contribution in [3.63, 3.8) is 0 Å². The molecule has 0 saturated carbocycles. The molecule has 0 aliphatic carbocycles. The highest BCUT2D eigenvalue weighted by Crippen LogP contribution is 2.06. The molecule has 2 aromatic heterocycles. The first-order valence-corrected chi connectivity index (χ1v) is 5.14.